The molecule has 0 saturated carbocycles. The van der Waals surface area contributed by atoms with Crippen LogP contribution in [0.4, 0.5) is 0 Å². The topological polar surface area (TPSA) is 47.3 Å². The molecule has 0 radical (unpaired) electrons. The van der Waals surface area contributed by atoms with Crippen LogP contribution in [0.15, 0.2) is 6.20 Å². The molecule has 1 atom stereocenters. The van der Waals surface area contributed by atoms with Crippen molar-refractivity contribution in [2.24, 2.45) is 7.05 Å². The van der Waals surface area contributed by atoms with E-state index in [2.05, 4.69) is 5.10 Å². The Bertz CT molecular complexity index is 297. The molecule has 1 rings (SSSR count). The smallest absolute Gasteiger partial charge is 0.106 e. The Kier molecular flexibility index (Phi) is 4.78. The van der Waals surface area contributed by atoms with Crippen LogP contribution in [-0.2, 0) is 18.2 Å². The SMILES string of the molecule is CCCOCC(O)c1cn(C)nc1CC. The molecule has 4 heteroatoms. The molecule has 0 aromatic carbocycles. The van der Waals surface area contributed by atoms with Gasteiger partial charge in [-0.3, -0.25) is 4.68 Å². The van der Waals surface area contributed by atoms with Crippen LogP contribution in [-0.4, -0.2) is 28.1 Å². The van der Waals surface area contributed by atoms with Gasteiger partial charge in [-0.1, -0.05) is 13.8 Å². The summed E-state index contributed by atoms with van der Waals surface area (Å²) in [6.45, 7) is 5.13. The quantitative estimate of drug-likeness (QED) is 0.726. The van der Waals surface area contributed by atoms with E-state index in [1.54, 1.807) is 4.68 Å². The third-order valence-corrected chi connectivity index (χ3v) is 2.26. The number of aliphatic hydroxyl groups is 1. The van der Waals surface area contributed by atoms with Crippen LogP contribution in [0.2, 0.25) is 0 Å². The van der Waals surface area contributed by atoms with Crippen LogP contribution in [0.3, 0.4) is 0 Å². The molecule has 1 aromatic heterocycles. The lowest BCUT2D eigenvalue weighted by atomic mass is 10.1. The van der Waals surface area contributed by atoms with E-state index < -0.39 is 6.10 Å². The van der Waals surface area contributed by atoms with Gasteiger partial charge in [0.05, 0.1) is 12.3 Å². The van der Waals surface area contributed by atoms with Gasteiger partial charge in [-0.05, 0) is 12.8 Å². The molecule has 15 heavy (non-hydrogen) atoms. The second-order valence-corrected chi connectivity index (χ2v) is 3.65. The first-order chi connectivity index (χ1) is 7.19. The van der Waals surface area contributed by atoms with Crippen molar-refractivity contribution in [1.29, 1.82) is 0 Å². The van der Waals surface area contributed by atoms with Crippen LogP contribution < -0.4 is 0 Å². The molecule has 0 amide bonds. The van der Waals surface area contributed by atoms with Gasteiger partial charge in [-0.15, -0.1) is 0 Å². The van der Waals surface area contributed by atoms with Crippen LogP contribution in [0.5, 0.6) is 0 Å². The number of aryl methyl sites for hydroxylation is 2. The number of rotatable bonds is 6. The fourth-order valence-electron chi connectivity index (χ4n) is 1.54. The molecule has 0 saturated heterocycles. The third kappa shape index (κ3) is 3.32. The van der Waals surface area contributed by atoms with E-state index in [0.717, 1.165) is 24.1 Å². The Morgan fingerprint density at radius 3 is 2.87 bits per heavy atom. The fourth-order valence-corrected chi connectivity index (χ4v) is 1.54. The molecule has 1 aromatic rings. The molecule has 1 N–H and O–H groups in total. The summed E-state index contributed by atoms with van der Waals surface area (Å²) in [7, 11) is 1.86. The molecule has 4 nitrogen and oxygen atoms in total. The van der Waals surface area contributed by atoms with E-state index in [-0.39, 0.29) is 0 Å². The summed E-state index contributed by atoms with van der Waals surface area (Å²) >= 11 is 0. The highest BCUT2D eigenvalue weighted by Crippen LogP contribution is 2.17. The zero-order chi connectivity index (χ0) is 11.3. The number of aromatic nitrogens is 2. The average Bonchev–Trinajstić information content (AvgIpc) is 2.60. The van der Waals surface area contributed by atoms with Crippen LogP contribution in [0.1, 0.15) is 37.6 Å². The highest BCUT2D eigenvalue weighted by molar-refractivity contribution is 5.19. The standard InChI is InChI=1S/C11H20N2O2/c1-4-6-15-8-11(14)9-7-13(3)12-10(9)5-2/h7,11,14H,4-6,8H2,1-3H3. The molecule has 1 unspecified atom stereocenters. The molecule has 0 aliphatic heterocycles. The van der Waals surface area contributed by atoms with Gasteiger partial charge in [0.1, 0.15) is 6.10 Å². The van der Waals surface area contributed by atoms with Gasteiger partial charge in [-0.25, -0.2) is 0 Å². The van der Waals surface area contributed by atoms with E-state index in [1.807, 2.05) is 27.1 Å². The first-order valence-corrected chi connectivity index (χ1v) is 5.47. The largest absolute Gasteiger partial charge is 0.386 e. The van der Waals surface area contributed by atoms with E-state index in [4.69, 9.17) is 4.74 Å². The van der Waals surface area contributed by atoms with Crippen LogP contribution in [0.25, 0.3) is 0 Å². The lowest BCUT2D eigenvalue weighted by Crippen LogP contribution is -2.08. The lowest BCUT2D eigenvalue weighted by molar-refractivity contribution is 0.0359. The zero-order valence-corrected chi connectivity index (χ0v) is 9.73. The molecule has 86 valence electrons. The van der Waals surface area contributed by atoms with Crippen LogP contribution in [0, 0.1) is 0 Å². The summed E-state index contributed by atoms with van der Waals surface area (Å²) in [6, 6.07) is 0. The van der Waals surface area contributed by atoms with Crippen molar-refractivity contribution >= 4 is 0 Å². The number of aliphatic hydroxyl groups excluding tert-OH is 1. The maximum Gasteiger partial charge on any atom is 0.106 e. The summed E-state index contributed by atoms with van der Waals surface area (Å²) in [5.41, 5.74) is 1.83. The van der Waals surface area contributed by atoms with Gasteiger partial charge >= 0.3 is 0 Å². The monoisotopic (exact) mass is 212 g/mol. The van der Waals surface area contributed by atoms with Crippen LogP contribution >= 0.6 is 0 Å². The first-order valence-electron chi connectivity index (χ1n) is 5.47. The maximum atomic E-state index is 9.89. The Morgan fingerprint density at radius 2 is 2.27 bits per heavy atom. The van der Waals surface area contributed by atoms with E-state index in [0.29, 0.717) is 13.2 Å². The second-order valence-electron chi connectivity index (χ2n) is 3.65. The van der Waals surface area contributed by atoms with Gasteiger partial charge in [-0.2, -0.15) is 5.10 Å². The van der Waals surface area contributed by atoms with Gasteiger partial charge in [0.25, 0.3) is 0 Å². The van der Waals surface area contributed by atoms with Gasteiger partial charge in [0.2, 0.25) is 0 Å². The third-order valence-electron chi connectivity index (χ3n) is 2.26. The van der Waals surface area contributed by atoms with Crippen molar-refractivity contribution < 1.29 is 9.84 Å². The highest BCUT2D eigenvalue weighted by atomic mass is 16.5. The number of nitrogens with zero attached hydrogens (tertiary/aromatic N) is 2. The molecule has 0 fully saturated rings. The molecule has 0 bridgehead atoms. The van der Waals surface area contributed by atoms with Crippen molar-refractivity contribution in [1.82, 2.24) is 9.78 Å². The molecular formula is C11H20N2O2. The van der Waals surface area contributed by atoms with E-state index >= 15 is 0 Å². The number of hydrogen-bond acceptors (Lipinski definition) is 3. The van der Waals surface area contributed by atoms with Gasteiger partial charge in [0, 0.05) is 25.4 Å². The van der Waals surface area contributed by atoms with Gasteiger partial charge < -0.3 is 9.84 Å². The maximum absolute atomic E-state index is 9.89. The second kappa shape index (κ2) is 5.88. The molecule has 1 heterocycles. The highest BCUT2D eigenvalue weighted by Gasteiger charge is 2.14. The average molecular weight is 212 g/mol. The minimum atomic E-state index is -0.555. The lowest BCUT2D eigenvalue weighted by Gasteiger charge is -2.10. The Morgan fingerprint density at radius 1 is 1.53 bits per heavy atom. The Labute approximate surface area is 90.9 Å². The van der Waals surface area contributed by atoms with E-state index in [1.165, 1.54) is 0 Å². The van der Waals surface area contributed by atoms with Crippen molar-refractivity contribution in [3.05, 3.63) is 17.5 Å². The predicted molar refractivity (Wildman–Crippen MR) is 58.7 cm³/mol. The van der Waals surface area contributed by atoms with Crippen molar-refractivity contribution in [2.75, 3.05) is 13.2 Å². The summed E-state index contributed by atoms with van der Waals surface area (Å²) in [6.07, 6.45) is 3.11. The van der Waals surface area contributed by atoms with Crippen molar-refractivity contribution in [3.63, 3.8) is 0 Å². The Balaban J connectivity index is 2.59. The fraction of sp³-hybridized carbons (Fsp3) is 0.727. The minimum Gasteiger partial charge on any atom is -0.386 e. The summed E-state index contributed by atoms with van der Waals surface area (Å²) < 4.78 is 7.05. The summed E-state index contributed by atoms with van der Waals surface area (Å²) in [4.78, 5) is 0. The van der Waals surface area contributed by atoms with Crippen molar-refractivity contribution in [2.45, 2.75) is 32.8 Å². The first kappa shape index (κ1) is 12.2. The molecule has 0 aliphatic carbocycles. The molecule has 0 aliphatic rings. The normalized spacial score (nSPS) is 13.1. The molecule has 0 spiro atoms. The predicted octanol–water partition coefficient (Wildman–Crippen LogP) is 1.44. The minimum absolute atomic E-state index is 0.354. The zero-order valence-electron chi connectivity index (χ0n) is 9.73. The molecular weight excluding hydrogens is 192 g/mol. The number of ether oxygens (including phenoxy) is 1. The number of hydrogen-bond donors (Lipinski definition) is 1. The Hall–Kier alpha value is -0.870. The summed E-state index contributed by atoms with van der Waals surface area (Å²) in [5, 5.41) is 14.2. The van der Waals surface area contributed by atoms with Crippen molar-refractivity contribution in [3.8, 4) is 0 Å². The summed E-state index contributed by atoms with van der Waals surface area (Å²) in [5.74, 6) is 0. The van der Waals surface area contributed by atoms with Gasteiger partial charge in [0.15, 0.2) is 0 Å². The van der Waals surface area contributed by atoms with E-state index in [9.17, 15) is 5.11 Å².